The van der Waals surface area contributed by atoms with Crippen LogP contribution in [0.1, 0.15) is 21.5 Å². The number of carbonyl (C=O) groups is 1. The first-order chi connectivity index (χ1) is 17.0. The zero-order valence-corrected chi connectivity index (χ0v) is 20.5. The van der Waals surface area contributed by atoms with Crippen molar-refractivity contribution in [3.05, 3.63) is 89.4 Å². The highest BCUT2D eigenvalue weighted by molar-refractivity contribution is 7.23. The molecule has 176 valence electrons. The second-order valence-electron chi connectivity index (χ2n) is 9.14. The molecule has 0 aliphatic carbocycles. The van der Waals surface area contributed by atoms with E-state index in [0.29, 0.717) is 18.7 Å². The average Bonchev–Trinajstić information content (AvgIpc) is 3.43. The van der Waals surface area contributed by atoms with E-state index in [-0.39, 0.29) is 11.7 Å². The molecule has 35 heavy (non-hydrogen) atoms. The van der Waals surface area contributed by atoms with Crippen LogP contribution in [0.4, 0.5) is 10.1 Å². The quantitative estimate of drug-likeness (QED) is 0.319. The number of rotatable bonds is 3. The molecule has 1 amide bonds. The van der Waals surface area contributed by atoms with Gasteiger partial charge in [-0.25, -0.2) is 9.37 Å². The molecule has 1 aliphatic heterocycles. The Kier molecular flexibility index (Phi) is 5.29. The summed E-state index contributed by atoms with van der Waals surface area (Å²) in [5.41, 5.74) is 7.20. The molecule has 5 aromatic rings. The number of piperazine rings is 1. The highest BCUT2D eigenvalue weighted by Crippen LogP contribution is 2.31. The van der Waals surface area contributed by atoms with E-state index in [2.05, 4.69) is 36.9 Å². The molecule has 0 spiro atoms. The van der Waals surface area contributed by atoms with Crippen molar-refractivity contribution in [2.75, 3.05) is 31.1 Å². The van der Waals surface area contributed by atoms with Crippen LogP contribution in [0.25, 0.3) is 26.4 Å². The van der Waals surface area contributed by atoms with E-state index in [1.165, 1.54) is 28.9 Å². The van der Waals surface area contributed by atoms with Crippen molar-refractivity contribution in [1.82, 2.24) is 14.3 Å². The summed E-state index contributed by atoms with van der Waals surface area (Å²) in [7, 11) is 0. The smallest absolute Gasteiger partial charge is 0.254 e. The summed E-state index contributed by atoms with van der Waals surface area (Å²) in [5, 5.41) is 0. The minimum absolute atomic E-state index is 0.0746. The summed E-state index contributed by atoms with van der Waals surface area (Å²) in [6.45, 7) is 7.33. The van der Waals surface area contributed by atoms with Gasteiger partial charge in [-0.05, 0) is 73.5 Å². The topological polar surface area (TPSA) is 40.8 Å². The number of aromatic nitrogens is 2. The van der Waals surface area contributed by atoms with Gasteiger partial charge in [0.1, 0.15) is 5.82 Å². The van der Waals surface area contributed by atoms with Gasteiger partial charge in [0.05, 0.1) is 15.9 Å². The van der Waals surface area contributed by atoms with Crippen molar-refractivity contribution in [3.63, 3.8) is 0 Å². The third-order valence-corrected chi connectivity index (χ3v) is 7.77. The van der Waals surface area contributed by atoms with Gasteiger partial charge in [-0.15, -0.1) is 0 Å². The molecular formula is C28H25FN4OS. The zero-order valence-electron chi connectivity index (χ0n) is 19.7. The Hall–Kier alpha value is -3.71. The lowest BCUT2D eigenvalue weighted by atomic mass is 10.1. The summed E-state index contributed by atoms with van der Waals surface area (Å²) in [6.07, 6.45) is 1.97. The van der Waals surface area contributed by atoms with E-state index in [0.717, 1.165) is 39.5 Å². The van der Waals surface area contributed by atoms with Gasteiger partial charge in [0.2, 0.25) is 0 Å². The van der Waals surface area contributed by atoms with E-state index in [9.17, 15) is 9.18 Å². The molecule has 0 radical (unpaired) electrons. The van der Waals surface area contributed by atoms with Gasteiger partial charge in [0, 0.05) is 49.2 Å². The highest BCUT2D eigenvalue weighted by atomic mass is 32.1. The Balaban J connectivity index is 1.21. The molecule has 1 saturated heterocycles. The Morgan fingerprint density at radius 1 is 0.943 bits per heavy atom. The summed E-state index contributed by atoms with van der Waals surface area (Å²) in [6, 6.07) is 18.8. The number of benzene rings is 3. The standard InChI is InChI=1S/C28H25FN4OS/c1-18-3-4-19(2)25(15-18)31-11-13-32(14-12-31)27(34)21-7-10-24-26(16-21)35-28-30-23(17-33(24)28)20-5-8-22(29)9-6-20/h3-10,15-17H,11-14H2,1-2H3. The minimum Gasteiger partial charge on any atom is -0.368 e. The van der Waals surface area contributed by atoms with Crippen LogP contribution in [-0.4, -0.2) is 46.4 Å². The average molecular weight is 485 g/mol. The van der Waals surface area contributed by atoms with Gasteiger partial charge in [0.15, 0.2) is 4.96 Å². The van der Waals surface area contributed by atoms with Crippen molar-refractivity contribution < 1.29 is 9.18 Å². The first-order valence-electron chi connectivity index (χ1n) is 11.8. The maximum absolute atomic E-state index is 13.3. The maximum atomic E-state index is 13.3. The van der Waals surface area contributed by atoms with Crippen LogP contribution in [0.5, 0.6) is 0 Å². The van der Waals surface area contributed by atoms with Crippen molar-refractivity contribution in [2.24, 2.45) is 0 Å². The molecule has 0 atom stereocenters. The molecule has 0 N–H and O–H groups in total. The van der Waals surface area contributed by atoms with Crippen LogP contribution in [0.15, 0.2) is 66.9 Å². The van der Waals surface area contributed by atoms with Gasteiger partial charge in [-0.1, -0.05) is 23.5 Å². The predicted molar refractivity (Wildman–Crippen MR) is 140 cm³/mol. The molecule has 7 heteroatoms. The summed E-state index contributed by atoms with van der Waals surface area (Å²) >= 11 is 1.56. The lowest BCUT2D eigenvalue weighted by Crippen LogP contribution is -2.49. The lowest BCUT2D eigenvalue weighted by Gasteiger charge is -2.37. The zero-order chi connectivity index (χ0) is 24.1. The number of amides is 1. The fourth-order valence-corrected chi connectivity index (χ4v) is 5.83. The monoisotopic (exact) mass is 484 g/mol. The van der Waals surface area contributed by atoms with Crippen LogP contribution in [0.2, 0.25) is 0 Å². The molecule has 0 saturated carbocycles. The fraction of sp³-hybridized carbons (Fsp3) is 0.214. The maximum Gasteiger partial charge on any atom is 0.254 e. The second kappa shape index (κ2) is 8.50. The van der Waals surface area contributed by atoms with Crippen molar-refractivity contribution in [1.29, 1.82) is 0 Å². The van der Waals surface area contributed by atoms with E-state index in [4.69, 9.17) is 4.98 Å². The van der Waals surface area contributed by atoms with Crippen molar-refractivity contribution >= 4 is 38.1 Å². The number of carbonyl (C=O) groups excluding carboxylic acids is 1. The van der Waals surface area contributed by atoms with Gasteiger partial charge >= 0.3 is 0 Å². The van der Waals surface area contributed by atoms with Gasteiger partial charge in [-0.2, -0.15) is 0 Å². The van der Waals surface area contributed by atoms with E-state index in [1.54, 1.807) is 23.5 Å². The van der Waals surface area contributed by atoms with Gasteiger partial charge < -0.3 is 9.80 Å². The Bertz CT molecular complexity index is 1560. The molecule has 3 aromatic carbocycles. The number of halogens is 1. The van der Waals surface area contributed by atoms with Crippen LogP contribution in [0.3, 0.4) is 0 Å². The van der Waals surface area contributed by atoms with Crippen molar-refractivity contribution in [3.8, 4) is 11.3 Å². The first kappa shape index (κ1) is 21.8. The Morgan fingerprint density at radius 2 is 1.71 bits per heavy atom. The van der Waals surface area contributed by atoms with Crippen LogP contribution in [-0.2, 0) is 0 Å². The fourth-order valence-electron chi connectivity index (χ4n) is 4.79. The number of hydrogen-bond acceptors (Lipinski definition) is 4. The molecule has 0 unspecified atom stereocenters. The summed E-state index contributed by atoms with van der Waals surface area (Å²) in [5.74, 6) is -0.185. The van der Waals surface area contributed by atoms with E-state index in [1.807, 2.05) is 33.7 Å². The molecular weight excluding hydrogens is 459 g/mol. The van der Waals surface area contributed by atoms with E-state index >= 15 is 0 Å². The largest absolute Gasteiger partial charge is 0.368 e. The first-order valence-corrected chi connectivity index (χ1v) is 12.6. The van der Waals surface area contributed by atoms with Crippen molar-refractivity contribution in [2.45, 2.75) is 13.8 Å². The SMILES string of the molecule is Cc1ccc(C)c(N2CCN(C(=O)c3ccc4c(c3)sc3nc(-c5ccc(F)cc5)cn34)CC2)c1. The second-order valence-corrected chi connectivity index (χ2v) is 10.1. The number of nitrogens with zero attached hydrogens (tertiary/aromatic N) is 4. The van der Waals surface area contributed by atoms with Crippen LogP contribution < -0.4 is 4.90 Å². The number of imidazole rings is 1. The molecule has 3 heterocycles. The molecule has 5 nitrogen and oxygen atoms in total. The number of anilines is 1. The Labute approximate surface area is 207 Å². The van der Waals surface area contributed by atoms with Gasteiger partial charge in [0.25, 0.3) is 5.91 Å². The molecule has 2 aromatic heterocycles. The highest BCUT2D eigenvalue weighted by Gasteiger charge is 2.24. The molecule has 0 bridgehead atoms. The molecule has 1 aliphatic rings. The molecule has 6 rings (SSSR count). The minimum atomic E-state index is -0.260. The number of aryl methyl sites for hydroxylation is 2. The lowest BCUT2D eigenvalue weighted by molar-refractivity contribution is 0.0747. The van der Waals surface area contributed by atoms with Gasteiger partial charge in [-0.3, -0.25) is 9.20 Å². The Morgan fingerprint density at radius 3 is 2.49 bits per heavy atom. The summed E-state index contributed by atoms with van der Waals surface area (Å²) < 4.78 is 16.3. The number of fused-ring (bicyclic) bond motifs is 3. The number of hydrogen-bond donors (Lipinski definition) is 0. The molecule has 1 fully saturated rings. The predicted octanol–water partition coefficient (Wildman–Crippen LogP) is 5.93. The van der Waals surface area contributed by atoms with Crippen LogP contribution >= 0.6 is 11.3 Å². The summed E-state index contributed by atoms with van der Waals surface area (Å²) in [4.78, 5) is 23.2. The van der Waals surface area contributed by atoms with Crippen LogP contribution in [0, 0.1) is 19.7 Å². The number of thiazole rings is 1. The third kappa shape index (κ3) is 3.96. The van der Waals surface area contributed by atoms with E-state index < -0.39 is 0 Å². The third-order valence-electron chi connectivity index (χ3n) is 6.75. The normalized spacial score (nSPS) is 14.3.